The molecule has 0 saturated heterocycles. The van der Waals surface area contributed by atoms with Crippen molar-refractivity contribution in [2.75, 3.05) is 6.54 Å². The molecular formula is C11H19N3S. The van der Waals surface area contributed by atoms with Gasteiger partial charge in [0.15, 0.2) is 0 Å². The van der Waals surface area contributed by atoms with Crippen molar-refractivity contribution in [2.45, 2.75) is 38.3 Å². The molecule has 2 atom stereocenters. The lowest BCUT2D eigenvalue weighted by molar-refractivity contribution is 0.362. The summed E-state index contributed by atoms with van der Waals surface area (Å²) in [5.74, 6) is 0.716. The molecule has 1 saturated carbocycles. The summed E-state index contributed by atoms with van der Waals surface area (Å²) in [6, 6.07) is 0.312. The Labute approximate surface area is 95.1 Å². The number of nitrogens with zero attached hydrogens (tertiary/aromatic N) is 1. The van der Waals surface area contributed by atoms with Crippen molar-refractivity contribution in [3.05, 3.63) is 16.6 Å². The van der Waals surface area contributed by atoms with Gasteiger partial charge in [-0.05, 0) is 32.6 Å². The first kappa shape index (κ1) is 11.0. The molecule has 0 spiro atoms. The molecule has 0 bridgehead atoms. The molecular weight excluding hydrogens is 206 g/mol. The number of rotatable bonds is 5. The van der Waals surface area contributed by atoms with Gasteiger partial charge in [0, 0.05) is 23.7 Å². The van der Waals surface area contributed by atoms with Crippen LogP contribution >= 0.6 is 11.3 Å². The smallest absolute Gasteiger partial charge is 0.109 e. The average molecular weight is 225 g/mol. The van der Waals surface area contributed by atoms with Gasteiger partial charge in [0.05, 0.1) is 6.04 Å². The quantitative estimate of drug-likeness (QED) is 0.805. The highest BCUT2D eigenvalue weighted by Crippen LogP contribution is 2.37. The van der Waals surface area contributed by atoms with Crippen molar-refractivity contribution in [1.82, 2.24) is 10.3 Å². The van der Waals surface area contributed by atoms with Crippen LogP contribution in [-0.4, -0.2) is 17.1 Å². The second-order valence-electron chi connectivity index (χ2n) is 4.75. The molecule has 0 radical (unpaired) electrons. The molecule has 0 aromatic carbocycles. The summed E-state index contributed by atoms with van der Waals surface area (Å²) in [5.41, 5.74) is 6.19. The molecule has 84 valence electrons. The second kappa shape index (κ2) is 4.20. The molecule has 4 heteroatoms. The van der Waals surface area contributed by atoms with Crippen molar-refractivity contribution >= 4 is 11.3 Å². The molecule has 1 aliphatic rings. The van der Waals surface area contributed by atoms with Gasteiger partial charge in [0.1, 0.15) is 5.01 Å². The topological polar surface area (TPSA) is 50.9 Å². The summed E-state index contributed by atoms with van der Waals surface area (Å²) >= 11 is 1.69. The van der Waals surface area contributed by atoms with Gasteiger partial charge in [-0.25, -0.2) is 4.98 Å². The first-order valence-electron chi connectivity index (χ1n) is 5.51. The molecule has 1 heterocycles. The van der Waals surface area contributed by atoms with Gasteiger partial charge in [-0.15, -0.1) is 11.3 Å². The van der Waals surface area contributed by atoms with Crippen LogP contribution in [0.2, 0.25) is 0 Å². The first-order valence-corrected chi connectivity index (χ1v) is 6.39. The predicted molar refractivity (Wildman–Crippen MR) is 63.8 cm³/mol. The van der Waals surface area contributed by atoms with Crippen LogP contribution in [0.1, 0.15) is 37.7 Å². The lowest BCUT2D eigenvalue weighted by Gasteiger charge is -2.26. The maximum absolute atomic E-state index is 6.24. The van der Waals surface area contributed by atoms with Crippen molar-refractivity contribution in [1.29, 1.82) is 0 Å². The number of hydrogen-bond donors (Lipinski definition) is 2. The Morgan fingerprint density at radius 1 is 1.73 bits per heavy atom. The Hall–Kier alpha value is -0.450. The normalized spacial score (nSPS) is 22.3. The molecule has 1 aromatic rings. The zero-order valence-corrected chi connectivity index (χ0v) is 10.2. The molecule has 0 amide bonds. The summed E-state index contributed by atoms with van der Waals surface area (Å²) in [4.78, 5) is 4.29. The molecule has 0 aliphatic heterocycles. The van der Waals surface area contributed by atoms with E-state index in [0.717, 1.165) is 11.6 Å². The van der Waals surface area contributed by atoms with Crippen molar-refractivity contribution < 1.29 is 0 Å². The average Bonchev–Trinajstić information content (AvgIpc) is 2.92. The van der Waals surface area contributed by atoms with E-state index in [1.807, 2.05) is 11.6 Å². The minimum absolute atomic E-state index is 0.0501. The van der Waals surface area contributed by atoms with Crippen molar-refractivity contribution in [3.8, 4) is 0 Å². The highest BCUT2D eigenvalue weighted by molar-refractivity contribution is 7.09. The van der Waals surface area contributed by atoms with E-state index >= 15 is 0 Å². The van der Waals surface area contributed by atoms with E-state index in [0.29, 0.717) is 12.0 Å². The van der Waals surface area contributed by atoms with E-state index in [9.17, 15) is 0 Å². The largest absolute Gasteiger partial charge is 0.324 e. The van der Waals surface area contributed by atoms with Crippen LogP contribution in [0.15, 0.2) is 11.6 Å². The third kappa shape index (κ3) is 2.77. The molecule has 15 heavy (non-hydrogen) atoms. The van der Waals surface area contributed by atoms with E-state index in [4.69, 9.17) is 5.73 Å². The summed E-state index contributed by atoms with van der Waals surface area (Å²) in [6.07, 6.45) is 4.43. The highest BCUT2D eigenvalue weighted by Gasteiger charge is 2.38. The number of hydrogen-bond acceptors (Lipinski definition) is 4. The van der Waals surface area contributed by atoms with Crippen LogP contribution in [0.3, 0.4) is 0 Å². The maximum Gasteiger partial charge on any atom is 0.109 e. The first-order chi connectivity index (χ1) is 7.09. The molecule has 3 nitrogen and oxygen atoms in total. The number of thiazole rings is 1. The lowest BCUT2D eigenvalue weighted by atomic mass is 9.97. The van der Waals surface area contributed by atoms with Crippen LogP contribution in [-0.2, 0) is 0 Å². The highest BCUT2D eigenvalue weighted by atomic mass is 32.1. The minimum Gasteiger partial charge on any atom is -0.324 e. The summed E-state index contributed by atoms with van der Waals surface area (Å²) in [5, 5.41) is 6.62. The SMILES string of the molecule is CC(NCC(C)(N)C1CC1)c1nccs1. The van der Waals surface area contributed by atoms with Gasteiger partial charge >= 0.3 is 0 Å². The Kier molecular flexibility index (Phi) is 3.09. The number of nitrogens with one attached hydrogen (secondary N) is 1. The van der Waals surface area contributed by atoms with Crippen molar-refractivity contribution in [2.24, 2.45) is 11.7 Å². The Balaban J connectivity index is 1.82. The molecule has 2 rings (SSSR count). The second-order valence-corrected chi connectivity index (χ2v) is 5.68. The van der Waals surface area contributed by atoms with Crippen LogP contribution in [0.5, 0.6) is 0 Å². The molecule has 1 fully saturated rings. The van der Waals surface area contributed by atoms with Crippen molar-refractivity contribution in [3.63, 3.8) is 0 Å². The van der Waals surface area contributed by atoms with E-state index in [-0.39, 0.29) is 5.54 Å². The summed E-state index contributed by atoms with van der Waals surface area (Å²) < 4.78 is 0. The summed E-state index contributed by atoms with van der Waals surface area (Å²) in [6.45, 7) is 5.16. The third-order valence-electron chi connectivity index (χ3n) is 3.12. The Bertz CT molecular complexity index is 304. The van der Waals surface area contributed by atoms with E-state index in [1.165, 1.54) is 12.8 Å². The number of nitrogens with two attached hydrogens (primary N) is 1. The Morgan fingerprint density at radius 2 is 2.47 bits per heavy atom. The van der Waals surface area contributed by atoms with Gasteiger partial charge in [-0.1, -0.05) is 0 Å². The van der Waals surface area contributed by atoms with Crippen LogP contribution in [0, 0.1) is 5.92 Å². The third-order valence-corrected chi connectivity index (χ3v) is 4.08. The summed E-state index contributed by atoms with van der Waals surface area (Å²) in [7, 11) is 0. The van der Waals surface area contributed by atoms with Gasteiger partial charge in [0.25, 0.3) is 0 Å². The van der Waals surface area contributed by atoms with E-state index in [1.54, 1.807) is 11.3 Å². The zero-order chi connectivity index (χ0) is 10.9. The zero-order valence-electron chi connectivity index (χ0n) is 9.36. The van der Waals surface area contributed by atoms with Crippen LogP contribution in [0.4, 0.5) is 0 Å². The van der Waals surface area contributed by atoms with Gasteiger partial charge in [0.2, 0.25) is 0 Å². The van der Waals surface area contributed by atoms with Gasteiger partial charge in [-0.2, -0.15) is 0 Å². The molecule has 3 N–H and O–H groups in total. The standard InChI is InChI=1S/C11H19N3S/c1-8(10-13-5-6-15-10)14-7-11(2,12)9-3-4-9/h5-6,8-9,14H,3-4,7,12H2,1-2H3. The lowest BCUT2D eigenvalue weighted by Crippen LogP contribution is -2.48. The predicted octanol–water partition coefficient (Wildman–Crippen LogP) is 1.92. The van der Waals surface area contributed by atoms with E-state index in [2.05, 4.69) is 24.1 Å². The fourth-order valence-corrected chi connectivity index (χ4v) is 2.47. The molecule has 1 aromatic heterocycles. The Morgan fingerprint density at radius 3 is 3.00 bits per heavy atom. The number of aromatic nitrogens is 1. The molecule has 2 unspecified atom stereocenters. The van der Waals surface area contributed by atoms with Crippen LogP contribution in [0.25, 0.3) is 0 Å². The monoisotopic (exact) mass is 225 g/mol. The maximum atomic E-state index is 6.24. The minimum atomic E-state index is -0.0501. The fourth-order valence-electron chi connectivity index (χ4n) is 1.80. The van der Waals surface area contributed by atoms with Gasteiger partial charge in [-0.3, -0.25) is 0 Å². The van der Waals surface area contributed by atoms with Gasteiger partial charge < -0.3 is 11.1 Å². The fraction of sp³-hybridized carbons (Fsp3) is 0.727. The molecule has 1 aliphatic carbocycles. The van der Waals surface area contributed by atoms with Crippen LogP contribution < -0.4 is 11.1 Å². The van der Waals surface area contributed by atoms with E-state index < -0.39 is 0 Å².